The fourth-order valence-corrected chi connectivity index (χ4v) is 3.96. The van der Waals surface area contributed by atoms with E-state index in [1.165, 1.54) is 46.8 Å². The molecule has 27 heavy (non-hydrogen) atoms. The molecule has 1 fully saturated rings. The van der Waals surface area contributed by atoms with E-state index < -0.39 is 23.5 Å². The summed E-state index contributed by atoms with van der Waals surface area (Å²) in [6, 6.07) is 11.4. The minimum absolute atomic E-state index is 0.0133. The number of carbonyl (C=O) groups is 2. The Morgan fingerprint density at radius 1 is 1.15 bits per heavy atom. The van der Waals surface area contributed by atoms with E-state index in [9.17, 15) is 19.1 Å². The molecule has 3 aromatic rings. The van der Waals surface area contributed by atoms with Gasteiger partial charge in [-0.05, 0) is 47.8 Å². The van der Waals surface area contributed by atoms with Crippen LogP contribution in [0.15, 0.2) is 70.2 Å². The van der Waals surface area contributed by atoms with Crippen molar-refractivity contribution in [3.05, 3.63) is 87.8 Å². The second kappa shape index (κ2) is 6.85. The summed E-state index contributed by atoms with van der Waals surface area (Å²) in [6.45, 7) is 0.0976. The number of amides is 1. The van der Waals surface area contributed by atoms with E-state index in [0.717, 1.165) is 4.88 Å². The Balaban J connectivity index is 1.83. The average Bonchev–Trinajstić information content (AvgIpc) is 3.40. The van der Waals surface area contributed by atoms with Gasteiger partial charge in [-0.15, -0.1) is 11.3 Å². The van der Waals surface area contributed by atoms with Gasteiger partial charge in [0.2, 0.25) is 0 Å². The zero-order chi connectivity index (χ0) is 19.0. The van der Waals surface area contributed by atoms with Crippen LogP contribution < -0.4 is 0 Å². The zero-order valence-electron chi connectivity index (χ0n) is 14.0. The summed E-state index contributed by atoms with van der Waals surface area (Å²) in [5, 5.41) is 12.6. The molecule has 1 aliphatic rings. The smallest absolute Gasteiger partial charge is 0.296 e. The molecule has 1 unspecified atom stereocenters. The molecule has 1 aliphatic heterocycles. The number of benzene rings is 1. The van der Waals surface area contributed by atoms with Crippen LogP contribution in [0.1, 0.15) is 22.2 Å². The number of hydrogen-bond donors (Lipinski definition) is 1. The number of Topliss-reactive ketones (excluding diaryl/α,β-unsaturated/α-hetero) is 1. The largest absolute Gasteiger partial charge is 0.507 e. The first-order chi connectivity index (χ1) is 13.1. The maximum absolute atomic E-state index is 13.2. The summed E-state index contributed by atoms with van der Waals surface area (Å²) < 4.78 is 18.5. The van der Waals surface area contributed by atoms with E-state index in [2.05, 4.69) is 0 Å². The van der Waals surface area contributed by atoms with Crippen molar-refractivity contribution in [1.82, 2.24) is 4.90 Å². The highest BCUT2D eigenvalue weighted by atomic mass is 32.1. The Labute approximate surface area is 158 Å². The van der Waals surface area contributed by atoms with E-state index in [0.29, 0.717) is 5.76 Å². The molecular weight excluding hydrogens is 369 g/mol. The van der Waals surface area contributed by atoms with Crippen molar-refractivity contribution in [1.29, 1.82) is 0 Å². The summed E-state index contributed by atoms with van der Waals surface area (Å²) in [5.74, 6) is -1.75. The zero-order valence-corrected chi connectivity index (χ0v) is 14.8. The summed E-state index contributed by atoms with van der Waals surface area (Å²) in [5.41, 5.74) is 0.259. The van der Waals surface area contributed by atoms with Gasteiger partial charge < -0.3 is 14.4 Å². The molecule has 1 atom stereocenters. The van der Waals surface area contributed by atoms with Crippen LogP contribution in [0, 0.1) is 5.82 Å². The van der Waals surface area contributed by atoms with Crippen LogP contribution in [-0.4, -0.2) is 21.7 Å². The predicted molar refractivity (Wildman–Crippen MR) is 97.3 cm³/mol. The van der Waals surface area contributed by atoms with Crippen LogP contribution in [0.3, 0.4) is 0 Å². The lowest BCUT2D eigenvalue weighted by Crippen LogP contribution is -2.28. The maximum Gasteiger partial charge on any atom is 0.296 e. The molecule has 0 bridgehead atoms. The Kier molecular flexibility index (Phi) is 4.37. The van der Waals surface area contributed by atoms with Gasteiger partial charge in [-0.3, -0.25) is 9.59 Å². The molecule has 1 N–H and O–H groups in total. The Bertz CT molecular complexity index is 1010. The summed E-state index contributed by atoms with van der Waals surface area (Å²) in [6.07, 6.45) is 1.49. The number of furan rings is 1. The fraction of sp³-hybridized carbons (Fsp3) is 0.100. The molecule has 7 heteroatoms. The number of ketones is 1. The molecule has 4 rings (SSSR count). The number of rotatable bonds is 4. The maximum atomic E-state index is 13.2. The third-order valence-corrected chi connectivity index (χ3v) is 5.30. The van der Waals surface area contributed by atoms with Gasteiger partial charge in [-0.25, -0.2) is 4.39 Å². The van der Waals surface area contributed by atoms with Gasteiger partial charge in [0.15, 0.2) is 0 Å². The summed E-state index contributed by atoms with van der Waals surface area (Å²) >= 11 is 1.38. The first-order valence-corrected chi connectivity index (χ1v) is 9.04. The van der Waals surface area contributed by atoms with Crippen LogP contribution in [0.2, 0.25) is 0 Å². The van der Waals surface area contributed by atoms with E-state index >= 15 is 0 Å². The van der Waals surface area contributed by atoms with Gasteiger partial charge in [0.05, 0.1) is 18.4 Å². The van der Waals surface area contributed by atoms with Crippen LogP contribution in [0.25, 0.3) is 5.76 Å². The molecule has 5 nitrogen and oxygen atoms in total. The SMILES string of the molecule is O=C1C(=O)N(Cc2ccco2)C(c2cccs2)/C1=C(/O)c1ccc(F)cc1. The summed E-state index contributed by atoms with van der Waals surface area (Å²) in [7, 11) is 0. The molecule has 1 aromatic carbocycles. The van der Waals surface area contributed by atoms with Gasteiger partial charge in [-0.2, -0.15) is 0 Å². The third kappa shape index (κ3) is 3.06. The first kappa shape index (κ1) is 17.2. The molecule has 0 spiro atoms. The molecule has 3 heterocycles. The van der Waals surface area contributed by atoms with Crippen molar-refractivity contribution in [2.75, 3.05) is 0 Å². The Morgan fingerprint density at radius 2 is 1.93 bits per heavy atom. The Morgan fingerprint density at radius 3 is 2.56 bits per heavy atom. The highest BCUT2D eigenvalue weighted by Crippen LogP contribution is 2.41. The van der Waals surface area contributed by atoms with Crippen molar-refractivity contribution in [2.45, 2.75) is 12.6 Å². The first-order valence-electron chi connectivity index (χ1n) is 8.16. The molecule has 2 aromatic heterocycles. The normalized spacial score (nSPS) is 19.0. The molecule has 0 aliphatic carbocycles. The lowest BCUT2D eigenvalue weighted by molar-refractivity contribution is -0.140. The van der Waals surface area contributed by atoms with E-state index in [1.54, 1.807) is 18.2 Å². The molecule has 1 saturated heterocycles. The monoisotopic (exact) mass is 383 g/mol. The third-order valence-electron chi connectivity index (χ3n) is 4.38. The number of likely N-dealkylation sites (tertiary alicyclic amines) is 1. The molecule has 0 saturated carbocycles. The standard InChI is InChI=1S/C20H14FNO4S/c21-13-7-5-12(6-8-13)18(23)16-17(15-4-2-10-27-15)22(20(25)19(16)24)11-14-3-1-9-26-14/h1-10,17,23H,11H2/b18-16-. The van der Waals surface area contributed by atoms with Crippen LogP contribution in [0.4, 0.5) is 4.39 Å². The number of nitrogens with zero attached hydrogens (tertiary/aromatic N) is 1. The van der Waals surface area contributed by atoms with Gasteiger partial charge in [-0.1, -0.05) is 6.07 Å². The van der Waals surface area contributed by atoms with Crippen LogP contribution in [-0.2, 0) is 16.1 Å². The summed E-state index contributed by atoms with van der Waals surface area (Å²) in [4.78, 5) is 27.5. The van der Waals surface area contributed by atoms with E-state index in [1.807, 2.05) is 11.4 Å². The number of carbonyl (C=O) groups excluding carboxylic acids is 2. The van der Waals surface area contributed by atoms with Crippen LogP contribution in [0.5, 0.6) is 0 Å². The molecular formula is C20H14FNO4S. The molecule has 0 radical (unpaired) electrons. The molecule has 136 valence electrons. The van der Waals surface area contributed by atoms with E-state index in [4.69, 9.17) is 4.42 Å². The number of aliphatic hydroxyl groups excluding tert-OH is 1. The quantitative estimate of drug-likeness (QED) is 0.418. The number of thiophene rings is 1. The van der Waals surface area contributed by atoms with Gasteiger partial charge >= 0.3 is 0 Å². The highest BCUT2D eigenvalue weighted by Gasteiger charge is 2.46. The van der Waals surface area contributed by atoms with Crippen molar-refractivity contribution in [2.24, 2.45) is 0 Å². The van der Waals surface area contributed by atoms with Crippen LogP contribution >= 0.6 is 11.3 Å². The predicted octanol–water partition coefficient (Wildman–Crippen LogP) is 4.10. The van der Waals surface area contributed by atoms with Crippen molar-refractivity contribution in [3.8, 4) is 0 Å². The van der Waals surface area contributed by atoms with Crippen molar-refractivity contribution in [3.63, 3.8) is 0 Å². The lowest BCUT2D eigenvalue weighted by atomic mass is 10.00. The molecule has 1 amide bonds. The van der Waals surface area contributed by atoms with Gasteiger partial charge in [0, 0.05) is 10.4 Å². The average molecular weight is 383 g/mol. The second-order valence-electron chi connectivity index (χ2n) is 6.03. The van der Waals surface area contributed by atoms with Crippen molar-refractivity contribution >= 4 is 28.8 Å². The van der Waals surface area contributed by atoms with Gasteiger partial charge in [0.25, 0.3) is 11.7 Å². The van der Waals surface area contributed by atoms with Crippen molar-refractivity contribution < 1.29 is 23.5 Å². The number of halogens is 1. The number of aliphatic hydroxyl groups is 1. The minimum atomic E-state index is -0.776. The Hall–Kier alpha value is -3.19. The lowest BCUT2D eigenvalue weighted by Gasteiger charge is -2.23. The second-order valence-corrected chi connectivity index (χ2v) is 7.01. The minimum Gasteiger partial charge on any atom is -0.507 e. The topological polar surface area (TPSA) is 70.8 Å². The fourth-order valence-electron chi connectivity index (χ4n) is 3.12. The van der Waals surface area contributed by atoms with Gasteiger partial charge in [0.1, 0.15) is 23.4 Å². The number of hydrogen-bond acceptors (Lipinski definition) is 5. The highest BCUT2D eigenvalue weighted by molar-refractivity contribution is 7.10. The van der Waals surface area contributed by atoms with E-state index in [-0.39, 0.29) is 23.4 Å².